The predicted molar refractivity (Wildman–Crippen MR) is 126 cm³/mol. The number of hydrogen-bond acceptors (Lipinski definition) is 6. The largest absolute Gasteiger partial charge is 0.310 e. The van der Waals surface area contributed by atoms with Crippen LogP contribution in [0.3, 0.4) is 0 Å². The van der Waals surface area contributed by atoms with Crippen molar-refractivity contribution < 1.29 is 4.79 Å². The van der Waals surface area contributed by atoms with Crippen LogP contribution in [0, 0.1) is 0 Å². The molecule has 3 aromatic heterocycles. The first-order chi connectivity index (χ1) is 15.7. The van der Waals surface area contributed by atoms with Crippen molar-refractivity contribution in [2.45, 2.75) is 31.6 Å². The lowest BCUT2D eigenvalue weighted by atomic mass is 10.2. The molecule has 0 radical (unpaired) electrons. The molecule has 1 N–H and O–H groups in total. The van der Waals surface area contributed by atoms with Crippen LogP contribution in [0.15, 0.2) is 66.2 Å². The first-order valence-corrected chi connectivity index (χ1v) is 11.5. The number of amides is 1. The minimum absolute atomic E-state index is 0.146. The molecule has 10 heteroatoms. The SMILES string of the molecule is CCCn1c(SCC(=O)Nc2ccnn2Cc2ccccc2Cl)nnc1-c1ccncc1. The Morgan fingerprint density at radius 3 is 2.69 bits per heavy atom. The van der Waals surface area contributed by atoms with Crippen LogP contribution in [-0.4, -0.2) is 41.2 Å². The van der Waals surface area contributed by atoms with E-state index in [2.05, 4.69) is 32.5 Å². The Morgan fingerprint density at radius 1 is 1.09 bits per heavy atom. The summed E-state index contributed by atoms with van der Waals surface area (Å²) >= 11 is 7.61. The third kappa shape index (κ3) is 5.17. The molecule has 0 aliphatic carbocycles. The Bertz CT molecular complexity index is 1190. The number of pyridine rings is 1. The summed E-state index contributed by atoms with van der Waals surface area (Å²) in [6, 6.07) is 13.1. The van der Waals surface area contributed by atoms with Gasteiger partial charge in [-0.2, -0.15) is 5.10 Å². The highest BCUT2D eigenvalue weighted by Crippen LogP contribution is 2.24. The van der Waals surface area contributed by atoms with Crippen LogP contribution in [0.4, 0.5) is 5.82 Å². The van der Waals surface area contributed by atoms with Crippen molar-refractivity contribution in [3.63, 3.8) is 0 Å². The molecular formula is C22H22ClN7OS. The van der Waals surface area contributed by atoms with Crippen molar-refractivity contribution in [1.29, 1.82) is 0 Å². The third-order valence-electron chi connectivity index (χ3n) is 4.70. The molecule has 164 valence electrons. The van der Waals surface area contributed by atoms with Gasteiger partial charge in [-0.1, -0.05) is 48.5 Å². The van der Waals surface area contributed by atoms with E-state index < -0.39 is 0 Å². The lowest BCUT2D eigenvalue weighted by Gasteiger charge is -2.11. The Hall–Kier alpha value is -3.17. The fourth-order valence-corrected chi connectivity index (χ4v) is 4.16. The maximum Gasteiger partial charge on any atom is 0.235 e. The summed E-state index contributed by atoms with van der Waals surface area (Å²) in [6.45, 7) is 3.33. The highest BCUT2D eigenvalue weighted by atomic mass is 35.5. The van der Waals surface area contributed by atoms with Gasteiger partial charge in [0, 0.05) is 35.6 Å². The first kappa shape index (κ1) is 22.0. The summed E-state index contributed by atoms with van der Waals surface area (Å²) in [4.78, 5) is 16.7. The Kier molecular flexibility index (Phi) is 7.18. The maximum atomic E-state index is 12.6. The normalized spacial score (nSPS) is 10.9. The highest BCUT2D eigenvalue weighted by Gasteiger charge is 2.16. The maximum absolute atomic E-state index is 12.6. The first-order valence-electron chi connectivity index (χ1n) is 10.2. The smallest absolute Gasteiger partial charge is 0.235 e. The molecule has 0 aliphatic heterocycles. The Morgan fingerprint density at radius 2 is 1.91 bits per heavy atom. The van der Waals surface area contributed by atoms with Gasteiger partial charge in [-0.25, -0.2) is 4.68 Å². The molecule has 3 heterocycles. The molecule has 0 saturated heterocycles. The number of halogens is 1. The number of nitrogens with zero attached hydrogens (tertiary/aromatic N) is 6. The van der Waals surface area contributed by atoms with Gasteiger partial charge in [0.25, 0.3) is 0 Å². The summed E-state index contributed by atoms with van der Waals surface area (Å²) in [5.74, 6) is 1.44. The Labute approximate surface area is 195 Å². The Balaban J connectivity index is 1.42. The number of carbonyl (C=O) groups is 1. The number of thioether (sulfide) groups is 1. The van der Waals surface area contributed by atoms with Gasteiger partial charge >= 0.3 is 0 Å². The summed E-state index contributed by atoms with van der Waals surface area (Å²) in [7, 11) is 0. The highest BCUT2D eigenvalue weighted by molar-refractivity contribution is 7.99. The van der Waals surface area contributed by atoms with Crippen molar-refractivity contribution in [3.8, 4) is 11.4 Å². The van der Waals surface area contributed by atoms with E-state index in [1.54, 1.807) is 29.3 Å². The van der Waals surface area contributed by atoms with E-state index in [0.717, 1.165) is 29.9 Å². The second-order valence-corrected chi connectivity index (χ2v) is 8.35. The lowest BCUT2D eigenvalue weighted by Crippen LogP contribution is -2.18. The monoisotopic (exact) mass is 467 g/mol. The number of carbonyl (C=O) groups excluding carboxylic acids is 1. The van der Waals surface area contributed by atoms with E-state index in [1.165, 1.54) is 11.8 Å². The van der Waals surface area contributed by atoms with Crippen LogP contribution in [0.2, 0.25) is 5.02 Å². The van der Waals surface area contributed by atoms with E-state index in [1.807, 2.05) is 41.0 Å². The summed E-state index contributed by atoms with van der Waals surface area (Å²) in [6.07, 6.45) is 6.04. The molecule has 1 amide bonds. The average Bonchev–Trinajstić information content (AvgIpc) is 3.41. The minimum Gasteiger partial charge on any atom is -0.310 e. The van der Waals surface area contributed by atoms with Gasteiger partial charge in [0.05, 0.1) is 18.5 Å². The zero-order valence-corrected chi connectivity index (χ0v) is 19.1. The van der Waals surface area contributed by atoms with Crippen molar-refractivity contribution in [2.75, 3.05) is 11.1 Å². The van der Waals surface area contributed by atoms with E-state index in [4.69, 9.17) is 11.6 Å². The molecule has 0 unspecified atom stereocenters. The van der Waals surface area contributed by atoms with Crippen LogP contribution in [0.5, 0.6) is 0 Å². The number of aromatic nitrogens is 6. The molecular weight excluding hydrogens is 446 g/mol. The van der Waals surface area contributed by atoms with Crippen molar-refractivity contribution in [1.82, 2.24) is 29.5 Å². The molecule has 32 heavy (non-hydrogen) atoms. The van der Waals surface area contributed by atoms with E-state index in [0.29, 0.717) is 22.5 Å². The molecule has 0 saturated carbocycles. The lowest BCUT2D eigenvalue weighted by molar-refractivity contribution is -0.113. The number of rotatable bonds is 9. The second kappa shape index (κ2) is 10.4. The van der Waals surface area contributed by atoms with E-state index in [9.17, 15) is 4.79 Å². The molecule has 0 aliphatic rings. The number of hydrogen-bond donors (Lipinski definition) is 1. The predicted octanol–water partition coefficient (Wildman–Crippen LogP) is 4.38. The molecule has 0 fully saturated rings. The standard InChI is InChI=1S/C22H22ClN7OS/c1-2-13-29-21(16-7-10-24-11-8-16)27-28-22(29)32-15-20(31)26-19-9-12-25-30(19)14-17-5-3-4-6-18(17)23/h3-12H,2,13-15H2,1H3,(H,26,31). The van der Waals surface area contributed by atoms with Crippen LogP contribution in [0.1, 0.15) is 18.9 Å². The van der Waals surface area contributed by atoms with Gasteiger partial charge in [0.15, 0.2) is 11.0 Å². The summed E-state index contributed by atoms with van der Waals surface area (Å²) in [5.41, 5.74) is 1.87. The summed E-state index contributed by atoms with van der Waals surface area (Å²) < 4.78 is 3.75. The van der Waals surface area contributed by atoms with Gasteiger partial charge in [0.1, 0.15) is 5.82 Å². The van der Waals surface area contributed by atoms with Gasteiger partial charge in [-0.05, 0) is 30.2 Å². The molecule has 0 spiro atoms. The molecule has 8 nitrogen and oxygen atoms in total. The molecule has 0 bridgehead atoms. The van der Waals surface area contributed by atoms with Crippen LogP contribution >= 0.6 is 23.4 Å². The van der Waals surface area contributed by atoms with E-state index >= 15 is 0 Å². The van der Waals surface area contributed by atoms with Crippen LogP contribution in [-0.2, 0) is 17.9 Å². The fourth-order valence-electron chi connectivity index (χ4n) is 3.20. The molecule has 1 aromatic carbocycles. The number of benzene rings is 1. The van der Waals surface area contributed by atoms with Crippen molar-refractivity contribution in [3.05, 3.63) is 71.6 Å². The molecule has 4 rings (SSSR count). The molecule has 4 aromatic rings. The van der Waals surface area contributed by atoms with Crippen molar-refractivity contribution >= 4 is 35.1 Å². The number of nitrogens with one attached hydrogen (secondary N) is 1. The second-order valence-electron chi connectivity index (χ2n) is 7.00. The van der Waals surface area contributed by atoms with Gasteiger partial charge in [-0.3, -0.25) is 9.78 Å². The average molecular weight is 468 g/mol. The summed E-state index contributed by atoms with van der Waals surface area (Å²) in [5, 5.41) is 17.2. The van der Waals surface area contributed by atoms with Crippen molar-refractivity contribution in [2.24, 2.45) is 0 Å². The van der Waals surface area contributed by atoms with E-state index in [-0.39, 0.29) is 11.7 Å². The van der Waals surface area contributed by atoms with Crippen LogP contribution in [0.25, 0.3) is 11.4 Å². The number of anilines is 1. The van der Waals surface area contributed by atoms with Gasteiger partial charge in [0.2, 0.25) is 5.91 Å². The van der Waals surface area contributed by atoms with Gasteiger partial charge in [-0.15, -0.1) is 10.2 Å². The van der Waals surface area contributed by atoms with Gasteiger partial charge < -0.3 is 9.88 Å². The minimum atomic E-state index is -0.146. The molecule has 0 atom stereocenters. The fraction of sp³-hybridized carbons (Fsp3) is 0.227. The zero-order valence-electron chi connectivity index (χ0n) is 17.5. The van der Waals surface area contributed by atoms with Crippen LogP contribution < -0.4 is 5.32 Å². The third-order valence-corrected chi connectivity index (χ3v) is 6.03. The quantitative estimate of drug-likeness (QED) is 0.367. The topological polar surface area (TPSA) is 90.5 Å². The zero-order chi connectivity index (χ0) is 22.3.